The minimum absolute atomic E-state index is 0.162. The van der Waals surface area contributed by atoms with Crippen molar-refractivity contribution >= 4 is 58.7 Å². The molecule has 3 nitrogen and oxygen atoms in total. The summed E-state index contributed by atoms with van der Waals surface area (Å²) in [5, 5.41) is 10.9. The third-order valence-corrected chi connectivity index (χ3v) is 5.64. The summed E-state index contributed by atoms with van der Waals surface area (Å²) in [6, 6.07) is 8.51. The van der Waals surface area contributed by atoms with Crippen LogP contribution in [0.25, 0.3) is 5.57 Å². The molecule has 0 saturated heterocycles. The smallest absolute Gasteiger partial charge is 0.423 e. The normalized spacial score (nSPS) is 16.0. The number of halogens is 3. The number of fused-ring (bicyclic) bond motifs is 1. The van der Waals surface area contributed by atoms with Crippen molar-refractivity contribution in [3.05, 3.63) is 68.2 Å². The zero-order valence-electron chi connectivity index (χ0n) is 14.4. The van der Waals surface area contributed by atoms with E-state index < -0.39 is 12.7 Å². The molecule has 2 aromatic rings. The molecular formula is C19H16BCl3O3. The first-order chi connectivity index (χ1) is 12.1. The average molecular weight is 410 g/mol. The summed E-state index contributed by atoms with van der Waals surface area (Å²) in [7, 11) is -0.972. The molecule has 0 aromatic heterocycles. The molecular weight excluding hydrogens is 393 g/mol. The van der Waals surface area contributed by atoms with Gasteiger partial charge in [0.15, 0.2) is 5.78 Å². The van der Waals surface area contributed by atoms with Gasteiger partial charge in [0, 0.05) is 5.56 Å². The Morgan fingerprint density at radius 1 is 1.12 bits per heavy atom. The van der Waals surface area contributed by atoms with Gasteiger partial charge in [0.05, 0.1) is 20.7 Å². The van der Waals surface area contributed by atoms with E-state index in [2.05, 4.69) is 0 Å². The molecule has 0 fully saturated rings. The number of rotatable bonds is 3. The number of carbonyl (C=O) groups excluding carboxylic acids is 1. The van der Waals surface area contributed by atoms with Gasteiger partial charge < -0.3 is 9.68 Å². The molecule has 0 aliphatic carbocycles. The molecule has 0 unspecified atom stereocenters. The van der Waals surface area contributed by atoms with E-state index in [4.69, 9.17) is 39.5 Å². The van der Waals surface area contributed by atoms with E-state index in [0.717, 1.165) is 11.1 Å². The molecule has 1 N–H and O–H groups in total. The molecule has 26 heavy (non-hydrogen) atoms. The van der Waals surface area contributed by atoms with Gasteiger partial charge in [-0.25, -0.2) is 0 Å². The van der Waals surface area contributed by atoms with Crippen LogP contribution in [0.5, 0.6) is 0 Å². The van der Waals surface area contributed by atoms with E-state index in [1.165, 1.54) is 6.08 Å². The van der Waals surface area contributed by atoms with Gasteiger partial charge in [0.1, 0.15) is 0 Å². The standard InChI is InChI=1S/C19H16BCl3O3/c1-10(12-8-15(21)18(23)16(22)9-12)6-17(24)11-4-5-14-13(7-11)19(2,3)26-20(14)25/h4-9,25H,1-3H3. The van der Waals surface area contributed by atoms with E-state index in [0.29, 0.717) is 26.6 Å². The van der Waals surface area contributed by atoms with Crippen LogP contribution in [0.3, 0.4) is 0 Å². The van der Waals surface area contributed by atoms with Crippen LogP contribution in [-0.2, 0) is 10.3 Å². The van der Waals surface area contributed by atoms with Crippen molar-refractivity contribution in [2.45, 2.75) is 26.4 Å². The van der Waals surface area contributed by atoms with Crippen LogP contribution in [0.15, 0.2) is 36.4 Å². The average Bonchev–Trinajstić information content (AvgIpc) is 2.80. The van der Waals surface area contributed by atoms with Crippen molar-refractivity contribution in [1.82, 2.24) is 0 Å². The van der Waals surface area contributed by atoms with Gasteiger partial charge in [0.2, 0.25) is 0 Å². The molecule has 7 heteroatoms. The van der Waals surface area contributed by atoms with E-state index in [-0.39, 0.29) is 10.8 Å². The Labute approximate surface area is 167 Å². The molecule has 0 spiro atoms. The largest absolute Gasteiger partial charge is 0.492 e. The number of benzene rings is 2. The van der Waals surface area contributed by atoms with Gasteiger partial charge >= 0.3 is 7.12 Å². The van der Waals surface area contributed by atoms with Crippen LogP contribution in [0, 0.1) is 0 Å². The summed E-state index contributed by atoms with van der Waals surface area (Å²) in [4.78, 5) is 12.7. The Morgan fingerprint density at radius 3 is 2.35 bits per heavy atom. The van der Waals surface area contributed by atoms with Crippen molar-refractivity contribution in [2.24, 2.45) is 0 Å². The van der Waals surface area contributed by atoms with Gasteiger partial charge in [-0.3, -0.25) is 4.79 Å². The monoisotopic (exact) mass is 408 g/mol. The zero-order chi connectivity index (χ0) is 19.2. The lowest BCUT2D eigenvalue weighted by molar-refractivity contribution is 0.100. The zero-order valence-corrected chi connectivity index (χ0v) is 16.7. The second-order valence-corrected chi connectivity index (χ2v) is 7.92. The van der Waals surface area contributed by atoms with E-state index in [1.807, 2.05) is 13.8 Å². The maximum atomic E-state index is 12.7. The van der Waals surface area contributed by atoms with E-state index >= 15 is 0 Å². The van der Waals surface area contributed by atoms with E-state index in [9.17, 15) is 9.82 Å². The van der Waals surface area contributed by atoms with Crippen molar-refractivity contribution in [3.63, 3.8) is 0 Å². The number of allylic oxidation sites excluding steroid dienone is 2. The fourth-order valence-electron chi connectivity index (χ4n) is 3.00. The Balaban J connectivity index is 1.95. The Bertz CT molecular complexity index is 915. The Morgan fingerprint density at radius 2 is 1.73 bits per heavy atom. The van der Waals surface area contributed by atoms with Crippen LogP contribution in [0.2, 0.25) is 15.1 Å². The minimum Gasteiger partial charge on any atom is -0.423 e. The first-order valence-corrected chi connectivity index (χ1v) is 9.11. The fourth-order valence-corrected chi connectivity index (χ4v) is 3.60. The van der Waals surface area contributed by atoms with Gasteiger partial charge in [-0.1, -0.05) is 46.9 Å². The molecule has 0 amide bonds. The lowest BCUT2D eigenvalue weighted by Crippen LogP contribution is -2.28. The predicted octanol–water partition coefficient (Wildman–Crippen LogP) is 4.89. The molecule has 0 saturated carbocycles. The van der Waals surface area contributed by atoms with Gasteiger partial charge in [0.25, 0.3) is 0 Å². The van der Waals surface area contributed by atoms with Gasteiger partial charge in [-0.2, -0.15) is 0 Å². The van der Waals surface area contributed by atoms with Gasteiger partial charge in [-0.05, 0) is 67.2 Å². The molecule has 2 aromatic carbocycles. The molecule has 1 aliphatic rings. The number of ketones is 1. The van der Waals surface area contributed by atoms with E-state index in [1.54, 1.807) is 37.3 Å². The van der Waals surface area contributed by atoms with Gasteiger partial charge in [-0.15, -0.1) is 0 Å². The summed E-state index contributed by atoms with van der Waals surface area (Å²) in [6.45, 7) is 5.52. The number of hydrogen-bond donors (Lipinski definition) is 1. The lowest BCUT2D eigenvalue weighted by Gasteiger charge is -2.20. The summed E-state index contributed by atoms with van der Waals surface area (Å²) in [5.74, 6) is -0.162. The molecule has 1 heterocycles. The summed E-state index contributed by atoms with van der Waals surface area (Å²) in [5.41, 5.74) is 2.79. The predicted molar refractivity (Wildman–Crippen MR) is 108 cm³/mol. The van der Waals surface area contributed by atoms with Crippen LogP contribution >= 0.6 is 34.8 Å². The third kappa shape index (κ3) is 3.57. The highest BCUT2D eigenvalue weighted by Gasteiger charge is 2.40. The molecule has 0 atom stereocenters. The first kappa shape index (κ1) is 19.5. The van der Waals surface area contributed by atoms with Crippen molar-refractivity contribution < 1.29 is 14.5 Å². The third-order valence-electron chi connectivity index (χ3n) is 4.45. The maximum Gasteiger partial charge on any atom is 0.492 e. The highest BCUT2D eigenvalue weighted by molar-refractivity contribution is 6.62. The van der Waals surface area contributed by atoms with Crippen LogP contribution in [0.4, 0.5) is 0 Å². The maximum absolute atomic E-state index is 12.7. The second-order valence-electron chi connectivity index (χ2n) is 6.73. The summed E-state index contributed by atoms with van der Waals surface area (Å²) < 4.78 is 5.53. The molecule has 134 valence electrons. The molecule has 3 rings (SSSR count). The van der Waals surface area contributed by atoms with Crippen molar-refractivity contribution in [1.29, 1.82) is 0 Å². The molecule has 0 bridgehead atoms. The summed E-state index contributed by atoms with van der Waals surface area (Å²) in [6.07, 6.45) is 1.52. The SMILES string of the molecule is CC(=CC(=O)c1ccc2c(c1)C(C)(C)OB2O)c1cc(Cl)c(Cl)c(Cl)c1. The Hall–Kier alpha value is -1.30. The second kappa shape index (κ2) is 7.03. The quantitative estimate of drug-likeness (QED) is 0.340. The molecule has 0 radical (unpaired) electrons. The van der Waals surface area contributed by atoms with Crippen molar-refractivity contribution in [2.75, 3.05) is 0 Å². The number of hydrogen-bond acceptors (Lipinski definition) is 3. The highest BCUT2D eigenvalue weighted by Crippen LogP contribution is 2.34. The summed E-state index contributed by atoms with van der Waals surface area (Å²) >= 11 is 18.1. The lowest BCUT2D eigenvalue weighted by atomic mass is 9.77. The Kier molecular flexibility index (Phi) is 5.26. The van der Waals surface area contributed by atoms with Crippen LogP contribution in [-0.4, -0.2) is 17.9 Å². The molecule has 1 aliphatic heterocycles. The van der Waals surface area contributed by atoms with Crippen LogP contribution < -0.4 is 5.46 Å². The minimum atomic E-state index is -0.972. The number of carbonyl (C=O) groups is 1. The first-order valence-electron chi connectivity index (χ1n) is 7.98. The van der Waals surface area contributed by atoms with Crippen LogP contribution in [0.1, 0.15) is 42.3 Å². The van der Waals surface area contributed by atoms with Crippen molar-refractivity contribution in [3.8, 4) is 0 Å². The highest BCUT2D eigenvalue weighted by atomic mass is 35.5. The fraction of sp³-hybridized carbons (Fsp3) is 0.211. The topological polar surface area (TPSA) is 46.5 Å².